The number of para-hydroxylation sites is 1. The number of aromatic nitrogens is 2. The number of anilines is 1. The Hall–Kier alpha value is -2.18. The molecule has 0 amide bonds. The van der Waals surface area contributed by atoms with Crippen LogP contribution in [0.15, 0.2) is 24.3 Å². The minimum Gasteiger partial charge on any atom is -0.405 e. The Morgan fingerprint density at radius 1 is 1.24 bits per heavy atom. The van der Waals surface area contributed by atoms with Gasteiger partial charge >= 0.3 is 6.36 Å². The van der Waals surface area contributed by atoms with Gasteiger partial charge in [0, 0.05) is 19.2 Å². The van der Waals surface area contributed by atoms with Crippen molar-refractivity contribution < 1.29 is 17.9 Å². The number of hydrogen-bond donors (Lipinski definition) is 1. The van der Waals surface area contributed by atoms with Crippen LogP contribution in [0.3, 0.4) is 0 Å². The van der Waals surface area contributed by atoms with Crippen molar-refractivity contribution in [2.75, 3.05) is 5.32 Å². The Labute approximate surface area is 120 Å². The lowest BCUT2D eigenvalue weighted by Gasteiger charge is -2.14. The van der Waals surface area contributed by atoms with E-state index in [1.807, 2.05) is 20.9 Å². The topological polar surface area (TPSA) is 39.1 Å². The van der Waals surface area contributed by atoms with Gasteiger partial charge in [0.15, 0.2) is 0 Å². The van der Waals surface area contributed by atoms with Crippen LogP contribution in [-0.4, -0.2) is 16.1 Å². The second-order valence-electron chi connectivity index (χ2n) is 4.68. The molecule has 0 unspecified atom stereocenters. The van der Waals surface area contributed by atoms with Crippen molar-refractivity contribution in [3.8, 4) is 5.75 Å². The van der Waals surface area contributed by atoms with E-state index in [0.717, 1.165) is 17.1 Å². The molecule has 0 atom stereocenters. The molecule has 0 saturated carbocycles. The van der Waals surface area contributed by atoms with Crippen LogP contribution in [0.1, 0.15) is 17.0 Å². The first-order valence-corrected chi connectivity index (χ1v) is 6.35. The Morgan fingerprint density at radius 3 is 2.48 bits per heavy atom. The molecule has 0 spiro atoms. The van der Waals surface area contributed by atoms with Gasteiger partial charge in [0.1, 0.15) is 5.75 Å². The molecule has 21 heavy (non-hydrogen) atoms. The fourth-order valence-electron chi connectivity index (χ4n) is 2.09. The molecule has 2 rings (SSSR count). The molecule has 1 N–H and O–H groups in total. The molecular weight excluding hydrogens is 283 g/mol. The molecule has 1 heterocycles. The molecule has 0 saturated heterocycles. The summed E-state index contributed by atoms with van der Waals surface area (Å²) in [6.07, 6.45) is -4.70. The Kier molecular flexibility index (Phi) is 4.11. The first-order valence-electron chi connectivity index (χ1n) is 6.35. The second kappa shape index (κ2) is 5.67. The zero-order chi connectivity index (χ0) is 15.6. The lowest BCUT2D eigenvalue weighted by molar-refractivity contribution is -0.274. The van der Waals surface area contributed by atoms with Crippen LogP contribution in [0.5, 0.6) is 5.75 Å². The summed E-state index contributed by atoms with van der Waals surface area (Å²) in [6.45, 7) is 3.95. The predicted octanol–water partition coefficient (Wildman–Crippen LogP) is 3.55. The third kappa shape index (κ3) is 3.68. The number of nitrogens with zero attached hydrogens (tertiary/aromatic N) is 2. The lowest BCUT2D eigenvalue weighted by Crippen LogP contribution is -2.18. The molecule has 4 nitrogen and oxygen atoms in total. The number of hydrogen-bond acceptors (Lipinski definition) is 3. The number of halogens is 3. The van der Waals surface area contributed by atoms with Gasteiger partial charge in [0.2, 0.25) is 0 Å². The maximum Gasteiger partial charge on any atom is 0.573 e. The van der Waals surface area contributed by atoms with Crippen LogP contribution in [0.25, 0.3) is 0 Å². The van der Waals surface area contributed by atoms with Crippen molar-refractivity contribution in [3.63, 3.8) is 0 Å². The lowest BCUT2D eigenvalue weighted by atomic mass is 10.2. The summed E-state index contributed by atoms with van der Waals surface area (Å²) in [5.41, 5.74) is 2.96. The largest absolute Gasteiger partial charge is 0.573 e. The average molecular weight is 299 g/mol. The highest BCUT2D eigenvalue weighted by Crippen LogP contribution is 2.27. The zero-order valence-corrected chi connectivity index (χ0v) is 12.0. The van der Waals surface area contributed by atoms with Crippen molar-refractivity contribution in [1.29, 1.82) is 0 Å². The summed E-state index contributed by atoms with van der Waals surface area (Å²) in [7, 11) is 1.81. The van der Waals surface area contributed by atoms with Crippen molar-refractivity contribution in [1.82, 2.24) is 9.78 Å². The molecule has 1 aromatic heterocycles. The molecule has 0 fully saturated rings. The summed E-state index contributed by atoms with van der Waals surface area (Å²) in [5.74, 6) is -0.198. The van der Waals surface area contributed by atoms with E-state index in [1.54, 1.807) is 16.8 Å². The van der Waals surface area contributed by atoms with Gasteiger partial charge in [-0.2, -0.15) is 5.10 Å². The smallest absolute Gasteiger partial charge is 0.405 e. The van der Waals surface area contributed by atoms with E-state index in [0.29, 0.717) is 5.56 Å². The van der Waals surface area contributed by atoms with Crippen LogP contribution >= 0.6 is 0 Å². The van der Waals surface area contributed by atoms with Gasteiger partial charge in [-0.25, -0.2) is 0 Å². The van der Waals surface area contributed by atoms with Gasteiger partial charge in [-0.05, 0) is 19.9 Å². The Balaban J connectivity index is 2.17. The van der Waals surface area contributed by atoms with Crippen LogP contribution < -0.4 is 10.1 Å². The van der Waals surface area contributed by atoms with Crippen molar-refractivity contribution in [3.05, 3.63) is 41.2 Å². The van der Waals surface area contributed by atoms with Gasteiger partial charge in [0.25, 0.3) is 0 Å². The fourth-order valence-corrected chi connectivity index (χ4v) is 2.09. The summed E-state index contributed by atoms with van der Waals surface area (Å²) < 4.78 is 42.8. The minimum absolute atomic E-state index is 0.198. The summed E-state index contributed by atoms with van der Waals surface area (Å²) in [4.78, 5) is 0. The van der Waals surface area contributed by atoms with Gasteiger partial charge in [-0.1, -0.05) is 18.2 Å². The number of benzene rings is 1. The predicted molar refractivity (Wildman–Crippen MR) is 73.1 cm³/mol. The molecule has 0 radical (unpaired) electrons. The summed E-state index contributed by atoms with van der Waals surface area (Å²) >= 11 is 0. The third-order valence-electron chi connectivity index (χ3n) is 3.16. The van der Waals surface area contributed by atoms with E-state index in [2.05, 4.69) is 15.2 Å². The number of nitrogens with one attached hydrogen (secondary N) is 1. The quantitative estimate of drug-likeness (QED) is 0.938. The van der Waals surface area contributed by atoms with E-state index in [1.165, 1.54) is 12.1 Å². The molecule has 0 aliphatic rings. The second-order valence-corrected chi connectivity index (χ2v) is 4.68. The number of ether oxygens (including phenoxy) is 1. The molecule has 0 bridgehead atoms. The highest BCUT2D eigenvalue weighted by atomic mass is 19.4. The van der Waals surface area contributed by atoms with Crippen LogP contribution in [-0.2, 0) is 13.6 Å². The molecule has 0 aliphatic carbocycles. The first-order chi connectivity index (χ1) is 9.78. The monoisotopic (exact) mass is 299 g/mol. The summed E-state index contributed by atoms with van der Waals surface area (Å²) in [6, 6.07) is 6.07. The van der Waals surface area contributed by atoms with Crippen LogP contribution in [0, 0.1) is 13.8 Å². The van der Waals surface area contributed by atoms with Gasteiger partial charge in [-0.3, -0.25) is 4.68 Å². The Morgan fingerprint density at radius 2 is 1.90 bits per heavy atom. The molecule has 1 aromatic carbocycles. The van der Waals surface area contributed by atoms with Gasteiger partial charge < -0.3 is 10.1 Å². The molecule has 7 heteroatoms. The third-order valence-corrected chi connectivity index (χ3v) is 3.16. The standard InChI is InChI=1S/C14H16F3N3O/c1-9-13(10(2)20(3)19-9)18-8-11-6-4-5-7-12(11)21-14(15,16)17/h4-7,18H,8H2,1-3H3. The normalized spacial score (nSPS) is 11.5. The van der Waals surface area contributed by atoms with E-state index in [4.69, 9.17) is 0 Å². The highest BCUT2D eigenvalue weighted by Gasteiger charge is 2.31. The number of alkyl halides is 3. The van der Waals surface area contributed by atoms with Gasteiger partial charge in [0.05, 0.1) is 17.1 Å². The Bertz CT molecular complexity index is 635. The van der Waals surface area contributed by atoms with E-state index < -0.39 is 6.36 Å². The molecule has 114 valence electrons. The minimum atomic E-state index is -4.70. The van der Waals surface area contributed by atoms with Crippen molar-refractivity contribution in [2.24, 2.45) is 7.05 Å². The SMILES string of the molecule is Cc1nn(C)c(C)c1NCc1ccccc1OC(F)(F)F. The van der Waals surface area contributed by atoms with Crippen LogP contribution in [0.2, 0.25) is 0 Å². The van der Waals surface area contributed by atoms with Gasteiger partial charge in [-0.15, -0.1) is 13.2 Å². The number of aryl methyl sites for hydroxylation is 2. The van der Waals surface area contributed by atoms with E-state index >= 15 is 0 Å². The maximum atomic E-state index is 12.4. The molecule has 2 aromatic rings. The zero-order valence-electron chi connectivity index (χ0n) is 12.0. The van der Waals surface area contributed by atoms with Crippen molar-refractivity contribution in [2.45, 2.75) is 26.8 Å². The maximum absolute atomic E-state index is 12.4. The number of rotatable bonds is 4. The van der Waals surface area contributed by atoms with E-state index in [-0.39, 0.29) is 12.3 Å². The van der Waals surface area contributed by atoms with E-state index in [9.17, 15) is 13.2 Å². The average Bonchev–Trinajstić information content (AvgIpc) is 2.61. The fraction of sp³-hybridized carbons (Fsp3) is 0.357. The molecule has 0 aliphatic heterocycles. The highest BCUT2D eigenvalue weighted by molar-refractivity contribution is 5.53. The first kappa shape index (κ1) is 15.2. The summed E-state index contributed by atoms with van der Waals surface area (Å²) in [5, 5.41) is 7.36. The van der Waals surface area contributed by atoms with Crippen molar-refractivity contribution >= 4 is 5.69 Å². The molecular formula is C14H16F3N3O. The van der Waals surface area contributed by atoms with Crippen LogP contribution in [0.4, 0.5) is 18.9 Å².